The molecule has 0 saturated carbocycles. The molecule has 1 fully saturated rings. The van der Waals surface area contributed by atoms with Crippen LogP contribution in [0.4, 0.5) is 0 Å². The summed E-state index contributed by atoms with van der Waals surface area (Å²) in [5, 5.41) is 12.1. The lowest BCUT2D eigenvalue weighted by Gasteiger charge is -2.24. The number of carbonyl (C=O) groups is 2. The first-order valence-corrected chi connectivity index (χ1v) is 6.77. The van der Waals surface area contributed by atoms with E-state index in [4.69, 9.17) is 0 Å². The van der Waals surface area contributed by atoms with Gasteiger partial charge >= 0.3 is 5.97 Å². The van der Waals surface area contributed by atoms with Gasteiger partial charge in [0.05, 0.1) is 20.3 Å². The summed E-state index contributed by atoms with van der Waals surface area (Å²) in [4.78, 5) is 24.6. The molecule has 1 heterocycles. The number of nitrogens with one attached hydrogen (secondary N) is 1. The molecule has 1 saturated heterocycles. The first-order valence-electron chi connectivity index (χ1n) is 6.77. The molecule has 2 N–H and O–H groups in total. The van der Waals surface area contributed by atoms with Crippen LogP contribution in [-0.4, -0.2) is 61.3 Å². The van der Waals surface area contributed by atoms with Gasteiger partial charge in [-0.2, -0.15) is 0 Å². The molecule has 0 aromatic heterocycles. The minimum Gasteiger partial charge on any atom is -0.469 e. The van der Waals surface area contributed by atoms with Gasteiger partial charge in [-0.1, -0.05) is 6.92 Å². The van der Waals surface area contributed by atoms with E-state index in [1.807, 2.05) is 4.90 Å². The van der Waals surface area contributed by atoms with Crippen molar-refractivity contribution >= 4 is 11.9 Å². The Labute approximate surface area is 114 Å². The molecule has 1 aliphatic rings. The Kier molecular flexibility index (Phi) is 6.80. The molecule has 1 aliphatic heterocycles. The van der Waals surface area contributed by atoms with Gasteiger partial charge in [0.1, 0.15) is 0 Å². The normalized spacial score (nSPS) is 23.3. The second-order valence-electron chi connectivity index (χ2n) is 5.02. The summed E-state index contributed by atoms with van der Waals surface area (Å²) >= 11 is 0. The van der Waals surface area contributed by atoms with E-state index in [1.165, 1.54) is 7.11 Å². The summed E-state index contributed by atoms with van der Waals surface area (Å²) in [6.07, 6.45) is 1.91. The number of aliphatic hydroxyl groups excluding tert-OH is 1. The first kappa shape index (κ1) is 15.9. The summed E-state index contributed by atoms with van der Waals surface area (Å²) in [7, 11) is 1.35. The van der Waals surface area contributed by atoms with Crippen molar-refractivity contribution in [1.29, 1.82) is 0 Å². The molecule has 0 spiro atoms. The molecule has 0 bridgehead atoms. The Bertz CT molecular complexity index is 309. The SMILES string of the molecule is COC(=O)CCCNC(=O)CN1CCC(C)C1CO. The Morgan fingerprint density at radius 3 is 2.84 bits per heavy atom. The molecule has 1 rings (SSSR count). The molecule has 0 aromatic carbocycles. The maximum absolute atomic E-state index is 11.7. The molecule has 0 aliphatic carbocycles. The fourth-order valence-electron chi connectivity index (χ4n) is 2.38. The van der Waals surface area contributed by atoms with Crippen LogP contribution < -0.4 is 5.32 Å². The Hall–Kier alpha value is -1.14. The number of likely N-dealkylation sites (tertiary alicyclic amines) is 1. The van der Waals surface area contributed by atoms with Crippen LogP contribution in [0.2, 0.25) is 0 Å². The first-order chi connectivity index (χ1) is 9.08. The predicted octanol–water partition coefficient (Wildman–Crippen LogP) is -0.241. The number of carbonyl (C=O) groups excluding carboxylic acids is 2. The minimum absolute atomic E-state index is 0.0579. The van der Waals surface area contributed by atoms with Crippen molar-refractivity contribution in [2.45, 2.75) is 32.2 Å². The zero-order chi connectivity index (χ0) is 14.3. The van der Waals surface area contributed by atoms with Crippen molar-refractivity contribution in [2.24, 2.45) is 5.92 Å². The van der Waals surface area contributed by atoms with Crippen LogP contribution in [0, 0.1) is 5.92 Å². The number of rotatable bonds is 7. The summed E-state index contributed by atoms with van der Waals surface area (Å²) in [6, 6.07) is 0.0841. The van der Waals surface area contributed by atoms with E-state index in [0.717, 1.165) is 13.0 Å². The van der Waals surface area contributed by atoms with Crippen molar-refractivity contribution in [3.63, 3.8) is 0 Å². The highest BCUT2D eigenvalue weighted by atomic mass is 16.5. The maximum atomic E-state index is 11.7. The number of ether oxygens (including phenoxy) is 1. The summed E-state index contributed by atoms with van der Waals surface area (Å²) in [5.41, 5.74) is 0. The molecule has 1 amide bonds. The Balaban J connectivity index is 2.19. The van der Waals surface area contributed by atoms with E-state index in [9.17, 15) is 14.7 Å². The molecule has 110 valence electrons. The molecule has 2 atom stereocenters. The maximum Gasteiger partial charge on any atom is 0.305 e. The summed E-state index contributed by atoms with van der Waals surface area (Å²) in [5.74, 6) is 0.109. The van der Waals surface area contributed by atoms with Gasteiger partial charge in [-0.15, -0.1) is 0 Å². The average Bonchev–Trinajstić information content (AvgIpc) is 2.74. The van der Waals surface area contributed by atoms with Gasteiger partial charge in [-0.3, -0.25) is 14.5 Å². The van der Waals surface area contributed by atoms with Crippen LogP contribution in [0.25, 0.3) is 0 Å². The average molecular weight is 272 g/mol. The van der Waals surface area contributed by atoms with Crippen molar-refractivity contribution in [1.82, 2.24) is 10.2 Å². The molecule has 6 heteroatoms. The third-order valence-corrected chi connectivity index (χ3v) is 3.64. The second kappa shape index (κ2) is 8.12. The highest BCUT2D eigenvalue weighted by Gasteiger charge is 2.31. The lowest BCUT2D eigenvalue weighted by atomic mass is 10.0. The number of nitrogens with zero attached hydrogens (tertiary/aromatic N) is 1. The van der Waals surface area contributed by atoms with Gasteiger partial charge < -0.3 is 15.2 Å². The number of amides is 1. The van der Waals surface area contributed by atoms with Gasteiger partial charge in [0.15, 0.2) is 0 Å². The zero-order valence-corrected chi connectivity index (χ0v) is 11.7. The van der Waals surface area contributed by atoms with Gasteiger partial charge in [-0.25, -0.2) is 0 Å². The minimum atomic E-state index is -0.261. The van der Waals surface area contributed by atoms with E-state index in [0.29, 0.717) is 31.8 Å². The fraction of sp³-hybridized carbons (Fsp3) is 0.846. The van der Waals surface area contributed by atoms with E-state index in [1.54, 1.807) is 0 Å². The van der Waals surface area contributed by atoms with E-state index in [2.05, 4.69) is 17.0 Å². The number of hydrogen-bond acceptors (Lipinski definition) is 5. The molecular formula is C13H24N2O4. The van der Waals surface area contributed by atoms with Crippen LogP contribution in [0.5, 0.6) is 0 Å². The quantitative estimate of drug-likeness (QED) is 0.494. The van der Waals surface area contributed by atoms with Crippen molar-refractivity contribution in [3.05, 3.63) is 0 Å². The van der Waals surface area contributed by atoms with Crippen molar-refractivity contribution in [2.75, 3.05) is 33.4 Å². The molecule has 6 nitrogen and oxygen atoms in total. The second-order valence-corrected chi connectivity index (χ2v) is 5.02. The lowest BCUT2D eigenvalue weighted by molar-refractivity contribution is -0.140. The van der Waals surface area contributed by atoms with Gasteiger partial charge in [0.25, 0.3) is 0 Å². The van der Waals surface area contributed by atoms with Crippen LogP contribution in [0.3, 0.4) is 0 Å². The Morgan fingerprint density at radius 1 is 1.47 bits per heavy atom. The summed E-state index contributed by atoms with van der Waals surface area (Å²) < 4.78 is 4.52. The number of methoxy groups -OCH3 is 1. The number of aliphatic hydroxyl groups is 1. The summed E-state index contributed by atoms with van der Waals surface area (Å²) in [6.45, 7) is 3.82. The monoisotopic (exact) mass is 272 g/mol. The third kappa shape index (κ3) is 5.16. The van der Waals surface area contributed by atoms with Crippen LogP contribution in [0.1, 0.15) is 26.2 Å². The van der Waals surface area contributed by atoms with Crippen molar-refractivity contribution in [3.8, 4) is 0 Å². The third-order valence-electron chi connectivity index (χ3n) is 3.64. The van der Waals surface area contributed by atoms with Crippen molar-refractivity contribution < 1.29 is 19.4 Å². The molecule has 0 radical (unpaired) electrons. The number of esters is 1. The zero-order valence-electron chi connectivity index (χ0n) is 11.7. The molecule has 19 heavy (non-hydrogen) atoms. The molecule has 2 unspecified atom stereocenters. The fourth-order valence-corrected chi connectivity index (χ4v) is 2.38. The highest BCUT2D eigenvalue weighted by Crippen LogP contribution is 2.22. The van der Waals surface area contributed by atoms with Gasteiger partial charge in [-0.05, 0) is 25.3 Å². The van der Waals surface area contributed by atoms with Crippen LogP contribution in [0.15, 0.2) is 0 Å². The van der Waals surface area contributed by atoms with Crippen LogP contribution in [-0.2, 0) is 14.3 Å². The lowest BCUT2D eigenvalue weighted by Crippen LogP contribution is -2.42. The van der Waals surface area contributed by atoms with E-state index >= 15 is 0 Å². The van der Waals surface area contributed by atoms with E-state index in [-0.39, 0.29) is 24.5 Å². The Morgan fingerprint density at radius 2 is 2.21 bits per heavy atom. The highest BCUT2D eigenvalue weighted by molar-refractivity contribution is 5.78. The predicted molar refractivity (Wildman–Crippen MR) is 70.5 cm³/mol. The van der Waals surface area contributed by atoms with Gasteiger partial charge in [0.2, 0.25) is 5.91 Å². The standard InChI is InChI=1S/C13H24N2O4/c1-10-5-7-15(11(10)9-16)8-12(17)14-6-3-4-13(18)19-2/h10-11,16H,3-9H2,1-2H3,(H,14,17). The number of hydrogen-bond donors (Lipinski definition) is 2. The molecule has 0 aromatic rings. The van der Waals surface area contributed by atoms with E-state index < -0.39 is 0 Å². The largest absolute Gasteiger partial charge is 0.469 e. The topological polar surface area (TPSA) is 78.9 Å². The molecular weight excluding hydrogens is 248 g/mol. The van der Waals surface area contributed by atoms with Crippen LogP contribution >= 0.6 is 0 Å². The van der Waals surface area contributed by atoms with Gasteiger partial charge in [0, 0.05) is 19.0 Å². The smallest absolute Gasteiger partial charge is 0.305 e.